The second-order valence-corrected chi connectivity index (χ2v) is 12.2. The quantitative estimate of drug-likeness (QED) is 0.190. The van der Waals surface area contributed by atoms with Crippen LogP contribution in [-0.2, 0) is 10.9 Å². The number of hydrogen-bond donors (Lipinski definition) is 2. The van der Waals surface area contributed by atoms with Crippen LogP contribution in [0.1, 0.15) is 48.4 Å². The van der Waals surface area contributed by atoms with E-state index >= 15 is 4.39 Å². The van der Waals surface area contributed by atoms with Crippen molar-refractivity contribution >= 4 is 51.6 Å². The van der Waals surface area contributed by atoms with Crippen LogP contribution >= 0.6 is 22.9 Å². The number of carbonyl (C=O) groups excluding carboxylic acids is 1. The number of likely N-dealkylation sites (tertiary alicyclic amines) is 1. The average Bonchev–Trinajstić information content (AvgIpc) is 3.58. The molecule has 42 heavy (non-hydrogen) atoms. The highest BCUT2D eigenvalue weighted by Crippen LogP contribution is 2.41. The van der Waals surface area contributed by atoms with Crippen molar-refractivity contribution in [3.63, 3.8) is 0 Å². The predicted octanol–water partition coefficient (Wildman–Crippen LogP) is 6.88. The number of alkyl halides is 4. The molecule has 1 fully saturated rings. The van der Waals surface area contributed by atoms with Gasteiger partial charge in [-0.25, -0.2) is 9.18 Å². The van der Waals surface area contributed by atoms with Crippen molar-refractivity contribution in [2.24, 2.45) is 0 Å². The number of H-pyrrole nitrogens is 1. The van der Waals surface area contributed by atoms with Gasteiger partial charge in [0, 0.05) is 22.5 Å². The Morgan fingerprint density at radius 1 is 1.19 bits per heavy atom. The lowest BCUT2D eigenvalue weighted by Gasteiger charge is -2.24. The van der Waals surface area contributed by atoms with Gasteiger partial charge in [0.15, 0.2) is 0 Å². The van der Waals surface area contributed by atoms with E-state index < -0.39 is 46.4 Å². The van der Waals surface area contributed by atoms with Gasteiger partial charge >= 0.3 is 17.1 Å². The van der Waals surface area contributed by atoms with E-state index in [9.17, 15) is 27.9 Å². The number of hydrogen-bond acceptors (Lipinski definition) is 6. The van der Waals surface area contributed by atoms with E-state index in [1.165, 1.54) is 24.4 Å². The molecule has 2 atom stereocenters. The van der Waals surface area contributed by atoms with Gasteiger partial charge in [-0.05, 0) is 62.2 Å². The molecule has 0 radical (unpaired) electrons. The SMILES string of the molecule is CC(C)(C)OC(=O)N1CC(F)C(n2c(O)c(C(=Cc3ccc(Cl)cc3C(F)(F)F)c3ccc4[nH]ncc4c3)sc2=O)C1. The second-order valence-electron chi connectivity index (χ2n) is 10.8. The van der Waals surface area contributed by atoms with Crippen LogP contribution in [0, 0.1) is 0 Å². The zero-order valence-electron chi connectivity index (χ0n) is 22.5. The van der Waals surface area contributed by atoms with Gasteiger partial charge in [0.25, 0.3) is 0 Å². The van der Waals surface area contributed by atoms with Gasteiger partial charge in [0.1, 0.15) is 16.6 Å². The minimum Gasteiger partial charge on any atom is -0.493 e. The van der Waals surface area contributed by atoms with Crippen molar-refractivity contribution in [3.8, 4) is 5.88 Å². The van der Waals surface area contributed by atoms with Crippen molar-refractivity contribution < 1.29 is 32.2 Å². The summed E-state index contributed by atoms with van der Waals surface area (Å²) in [6, 6.07) is 6.92. The van der Waals surface area contributed by atoms with Crippen LogP contribution in [0.4, 0.5) is 22.4 Å². The molecule has 222 valence electrons. The Hall–Kier alpha value is -3.84. The van der Waals surface area contributed by atoms with Gasteiger partial charge in [-0.1, -0.05) is 35.1 Å². The molecule has 8 nitrogen and oxygen atoms in total. The third kappa shape index (κ3) is 5.88. The number of halogens is 5. The summed E-state index contributed by atoms with van der Waals surface area (Å²) >= 11 is 6.42. The van der Waals surface area contributed by atoms with Gasteiger partial charge < -0.3 is 14.7 Å². The van der Waals surface area contributed by atoms with Gasteiger partial charge in [-0.3, -0.25) is 14.5 Å². The fourth-order valence-corrected chi connectivity index (χ4v) is 5.90. The van der Waals surface area contributed by atoms with Gasteiger partial charge in [0.05, 0.1) is 29.9 Å². The predicted molar refractivity (Wildman–Crippen MR) is 152 cm³/mol. The number of nitrogens with zero attached hydrogens (tertiary/aromatic N) is 3. The van der Waals surface area contributed by atoms with Crippen molar-refractivity contribution in [2.45, 2.75) is 44.8 Å². The van der Waals surface area contributed by atoms with E-state index in [1.807, 2.05) is 0 Å². The molecule has 1 aliphatic heterocycles. The Balaban J connectivity index is 1.63. The van der Waals surface area contributed by atoms with E-state index in [4.69, 9.17) is 16.3 Å². The Kier molecular flexibility index (Phi) is 7.60. The van der Waals surface area contributed by atoms with Gasteiger partial charge in [-0.15, -0.1) is 0 Å². The molecule has 2 N–H and O–H groups in total. The molecule has 2 aromatic heterocycles. The number of ether oxygens (including phenoxy) is 1. The maximum Gasteiger partial charge on any atom is 0.417 e. The van der Waals surface area contributed by atoms with Crippen molar-refractivity contribution in [2.75, 3.05) is 13.1 Å². The summed E-state index contributed by atoms with van der Waals surface area (Å²) in [5.41, 5.74) is -1.00. The molecule has 2 unspecified atom stereocenters. The standard InChI is InChI=1S/C28H25ClF4N4O4S/c1-27(2,3)41-25(39)36-12-20(30)22(13-36)37-24(38)23(42-26(37)40)18(14-5-7-21-16(8-14)11-34-35-21)9-15-4-6-17(29)10-19(15)28(31,32)33/h4-11,20,22,38H,12-13H2,1-3H3,(H,34,35). The number of benzene rings is 2. The van der Waals surface area contributed by atoms with Gasteiger partial charge in [-0.2, -0.15) is 18.3 Å². The zero-order valence-corrected chi connectivity index (χ0v) is 24.1. The van der Waals surface area contributed by atoms with E-state index in [-0.39, 0.29) is 34.1 Å². The average molecular weight is 625 g/mol. The first-order valence-corrected chi connectivity index (χ1v) is 13.9. The molecule has 3 heterocycles. The molecule has 0 bridgehead atoms. The van der Waals surface area contributed by atoms with Crippen LogP contribution in [-0.4, -0.2) is 55.7 Å². The van der Waals surface area contributed by atoms with Crippen molar-refractivity contribution in [1.29, 1.82) is 0 Å². The van der Waals surface area contributed by atoms with E-state index in [1.54, 1.807) is 39.0 Å². The van der Waals surface area contributed by atoms with Crippen LogP contribution in [0.5, 0.6) is 5.88 Å². The Morgan fingerprint density at radius 2 is 1.93 bits per heavy atom. The molecular formula is C28H25ClF4N4O4S. The number of nitrogens with one attached hydrogen (secondary N) is 1. The molecule has 5 rings (SSSR count). The number of aromatic nitrogens is 3. The van der Waals surface area contributed by atoms with Crippen LogP contribution in [0.3, 0.4) is 0 Å². The lowest BCUT2D eigenvalue weighted by Crippen LogP contribution is -2.36. The van der Waals surface area contributed by atoms with Crippen molar-refractivity contribution in [3.05, 3.63) is 78.9 Å². The number of aromatic amines is 1. The van der Waals surface area contributed by atoms with E-state index in [2.05, 4.69) is 10.2 Å². The Bertz CT molecular complexity index is 1750. The summed E-state index contributed by atoms with van der Waals surface area (Å²) in [5.74, 6) is -0.634. The normalized spacial score (nSPS) is 18.2. The number of rotatable bonds is 4. The topological polar surface area (TPSA) is 100 Å². The number of aromatic hydroxyl groups is 1. The smallest absolute Gasteiger partial charge is 0.417 e. The van der Waals surface area contributed by atoms with Gasteiger partial charge in [0.2, 0.25) is 5.88 Å². The molecular weight excluding hydrogens is 600 g/mol. The molecule has 1 aliphatic rings. The van der Waals surface area contributed by atoms with Crippen LogP contribution in [0.25, 0.3) is 22.6 Å². The molecule has 14 heteroatoms. The maximum absolute atomic E-state index is 15.2. The number of thiazole rings is 1. The molecule has 2 aromatic carbocycles. The fourth-order valence-electron chi connectivity index (χ4n) is 4.76. The fraction of sp³-hybridized carbons (Fsp3) is 0.321. The van der Waals surface area contributed by atoms with Crippen LogP contribution in [0.15, 0.2) is 47.4 Å². The largest absolute Gasteiger partial charge is 0.493 e. The molecule has 1 amide bonds. The zero-order chi connectivity index (χ0) is 30.6. The minimum absolute atomic E-state index is 0.0752. The highest BCUT2D eigenvalue weighted by Gasteiger charge is 2.41. The second kappa shape index (κ2) is 10.8. The maximum atomic E-state index is 15.2. The summed E-state index contributed by atoms with van der Waals surface area (Å²) in [6.45, 7) is 4.36. The number of amides is 1. The van der Waals surface area contributed by atoms with Crippen LogP contribution in [0.2, 0.25) is 5.02 Å². The summed E-state index contributed by atoms with van der Waals surface area (Å²) in [4.78, 5) is 26.0. The summed E-state index contributed by atoms with van der Waals surface area (Å²) in [5, 5.41) is 18.6. The Morgan fingerprint density at radius 3 is 2.62 bits per heavy atom. The lowest BCUT2D eigenvalue weighted by atomic mass is 9.97. The first-order valence-electron chi connectivity index (χ1n) is 12.7. The highest BCUT2D eigenvalue weighted by molar-refractivity contribution is 7.11. The summed E-state index contributed by atoms with van der Waals surface area (Å²) in [7, 11) is 0. The molecule has 4 aromatic rings. The lowest BCUT2D eigenvalue weighted by molar-refractivity contribution is -0.137. The molecule has 0 saturated carbocycles. The van der Waals surface area contributed by atoms with E-state index in [0.717, 1.165) is 15.5 Å². The van der Waals surface area contributed by atoms with Crippen LogP contribution < -0.4 is 4.87 Å². The third-order valence-electron chi connectivity index (χ3n) is 6.64. The molecule has 0 aliphatic carbocycles. The Labute approximate surface area is 245 Å². The van der Waals surface area contributed by atoms with Crippen molar-refractivity contribution in [1.82, 2.24) is 19.7 Å². The highest BCUT2D eigenvalue weighted by atomic mass is 35.5. The minimum atomic E-state index is -4.76. The number of fused-ring (bicyclic) bond motifs is 1. The van der Waals surface area contributed by atoms with E-state index in [0.29, 0.717) is 27.8 Å². The number of carbonyl (C=O) groups is 1. The molecule has 0 spiro atoms. The summed E-state index contributed by atoms with van der Waals surface area (Å²) < 4.78 is 63.3. The monoisotopic (exact) mass is 624 g/mol. The summed E-state index contributed by atoms with van der Waals surface area (Å²) in [6.07, 6.45) is -4.53. The first-order chi connectivity index (χ1) is 19.6. The first kappa shape index (κ1) is 29.6. The third-order valence-corrected chi connectivity index (χ3v) is 7.85. The molecule has 1 saturated heterocycles.